The summed E-state index contributed by atoms with van der Waals surface area (Å²) in [5.74, 6) is -1.87. The molecule has 8 heteroatoms. The highest BCUT2D eigenvalue weighted by Gasteiger charge is 2.15. The van der Waals surface area contributed by atoms with Crippen LogP contribution in [0.3, 0.4) is 0 Å². The van der Waals surface area contributed by atoms with E-state index in [9.17, 15) is 14.4 Å². The summed E-state index contributed by atoms with van der Waals surface area (Å²) >= 11 is 0. The summed E-state index contributed by atoms with van der Waals surface area (Å²) < 4.78 is 4.59. The van der Waals surface area contributed by atoms with E-state index < -0.39 is 17.8 Å². The summed E-state index contributed by atoms with van der Waals surface area (Å²) in [6.07, 6.45) is 0. The fraction of sp³-hybridized carbons (Fsp3) is 0.438. The number of rotatable bonds is 5. The predicted molar refractivity (Wildman–Crippen MR) is 88.7 cm³/mol. The quantitative estimate of drug-likeness (QED) is 0.493. The van der Waals surface area contributed by atoms with Crippen LogP contribution >= 0.6 is 0 Å². The summed E-state index contributed by atoms with van der Waals surface area (Å²) in [5, 5.41) is 8.34. The van der Waals surface area contributed by atoms with Gasteiger partial charge in [-0.3, -0.25) is 14.5 Å². The molecule has 130 valence electrons. The Bertz CT molecular complexity index is 582. The summed E-state index contributed by atoms with van der Waals surface area (Å²) in [6, 6.07) is 6.11. The van der Waals surface area contributed by atoms with E-state index in [2.05, 4.69) is 25.6 Å². The molecule has 8 nitrogen and oxygen atoms in total. The van der Waals surface area contributed by atoms with Gasteiger partial charge in [0.05, 0.1) is 12.7 Å². The molecule has 0 bridgehead atoms. The van der Waals surface area contributed by atoms with Crippen molar-refractivity contribution in [2.45, 2.75) is 0 Å². The molecule has 0 aliphatic carbocycles. The second kappa shape index (κ2) is 8.99. The van der Waals surface area contributed by atoms with Crippen molar-refractivity contribution in [3.8, 4) is 0 Å². The number of piperazine rings is 1. The maximum absolute atomic E-state index is 11.8. The lowest BCUT2D eigenvalue weighted by molar-refractivity contribution is -0.136. The largest absolute Gasteiger partial charge is 0.465 e. The Morgan fingerprint density at radius 2 is 1.79 bits per heavy atom. The van der Waals surface area contributed by atoms with Crippen LogP contribution in [0.2, 0.25) is 0 Å². The molecule has 1 heterocycles. The van der Waals surface area contributed by atoms with Gasteiger partial charge < -0.3 is 20.7 Å². The highest BCUT2D eigenvalue weighted by atomic mass is 16.5. The minimum absolute atomic E-state index is 0.371. The molecular weight excluding hydrogens is 312 g/mol. The van der Waals surface area contributed by atoms with Crippen molar-refractivity contribution in [1.82, 2.24) is 15.5 Å². The van der Waals surface area contributed by atoms with Gasteiger partial charge in [0.2, 0.25) is 0 Å². The first-order valence-electron chi connectivity index (χ1n) is 7.81. The number of amides is 2. The van der Waals surface area contributed by atoms with Gasteiger partial charge >= 0.3 is 17.8 Å². The molecule has 1 aliphatic rings. The van der Waals surface area contributed by atoms with E-state index >= 15 is 0 Å². The first-order valence-corrected chi connectivity index (χ1v) is 7.81. The van der Waals surface area contributed by atoms with E-state index in [1.54, 1.807) is 0 Å². The van der Waals surface area contributed by atoms with Gasteiger partial charge in [-0.2, -0.15) is 0 Å². The molecule has 2 rings (SSSR count). The summed E-state index contributed by atoms with van der Waals surface area (Å²) in [6.45, 7) is 4.90. The van der Waals surface area contributed by atoms with Gasteiger partial charge in [-0.1, -0.05) is 0 Å². The Labute approximate surface area is 140 Å². The van der Waals surface area contributed by atoms with Crippen LogP contribution in [0.4, 0.5) is 5.69 Å². The third-order valence-electron chi connectivity index (χ3n) is 3.69. The van der Waals surface area contributed by atoms with Crippen LogP contribution in [-0.2, 0) is 14.3 Å². The highest BCUT2D eigenvalue weighted by Crippen LogP contribution is 2.10. The van der Waals surface area contributed by atoms with Gasteiger partial charge in [-0.15, -0.1) is 0 Å². The van der Waals surface area contributed by atoms with E-state index in [-0.39, 0.29) is 0 Å². The number of nitrogens with zero attached hydrogens (tertiary/aromatic N) is 1. The number of hydrogen-bond donors (Lipinski definition) is 3. The van der Waals surface area contributed by atoms with E-state index in [1.807, 2.05) is 0 Å². The number of hydrogen-bond acceptors (Lipinski definition) is 6. The molecular formula is C16H22N4O4. The molecule has 1 fully saturated rings. The Hall–Kier alpha value is -2.45. The van der Waals surface area contributed by atoms with E-state index in [1.165, 1.54) is 31.4 Å². The van der Waals surface area contributed by atoms with Gasteiger partial charge in [-0.05, 0) is 24.3 Å². The van der Waals surface area contributed by atoms with Crippen LogP contribution < -0.4 is 16.0 Å². The highest BCUT2D eigenvalue weighted by molar-refractivity contribution is 6.39. The topological polar surface area (TPSA) is 99.8 Å². The second-order valence-electron chi connectivity index (χ2n) is 5.37. The molecule has 0 aromatic heterocycles. The zero-order valence-electron chi connectivity index (χ0n) is 13.6. The van der Waals surface area contributed by atoms with Crippen molar-refractivity contribution < 1.29 is 19.1 Å². The van der Waals surface area contributed by atoms with Gasteiger partial charge in [0, 0.05) is 45.0 Å². The van der Waals surface area contributed by atoms with E-state index in [0.29, 0.717) is 24.3 Å². The average molecular weight is 334 g/mol. The zero-order valence-corrected chi connectivity index (χ0v) is 13.6. The number of benzene rings is 1. The fourth-order valence-electron chi connectivity index (χ4n) is 2.34. The number of carbonyl (C=O) groups is 3. The third kappa shape index (κ3) is 5.32. The number of nitrogens with one attached hydrogen (secondary N) is 3. The first kappa shape index (κ1) is 17.9. The molecule has 0 atom stereocenters. The molecule has 3 N–H and O–H groups in total. The first-order chi connectivity index (χ1) is 11.6. The monoisotopic (exact) mass is 334 g/mol. The lowest BCUT2D eigenvalue weighted by Gasteiger charge is -2.26. The minimum Gasteiger partial charge on any atom is -0.465 e. The van der Waals surface area contributed by atoms with Crippen molar-refractivity contribution in [2.75, 3.05) is 51.7 Å². The van der Waals surface area contributed by atoms with Gasteiger partial charge in [0.15, 0.2) is 0 Å². The van der Waals surface area contributed by atoms with Crippen molar-refractivity contribution in [3.63, 3.8) is 0 Å². The molecule has 0 spiro atoms. The summed E-state index contributed by atoms with van der Waals surface area (Å²) in [7, 11) is 1.29. The van der Waals surface area contributed by atoms with Crippen LogP contribution in [-0.4, -0.2) is 69.1 Å². The van der Waals surface area contributed by atoms with E-state index in [4.69, 9.17) is 0 Å². The molecule has 24 heavy (non-hydrogen) atoms. The molecule has 1 aliphatic heterocycles. The normalized spacial score (nSPS) is 14.7. The van der Waals surface area contributed by atoms with Gasteiger partial charge in [-0.25, -0.2) is 4.79 Å². The number of esters is 1. The fourth-order valence-corrected chi connectivity index (χ4v) is 2.34. The molecule has 1 aromatic rings. The summed E-state index contributed by atoms with van der Waals surface area (Å²) in [5.41, 5.74) is 0.806. The second-order valence-corrected chi connectivity index (χ2v) is 5.37. The SMILES string of the molecule is COC(=O)c1ccc(NC(=O)C(=O)NCCN2CCNCC2)cc1. The summed E-state index contributed by atoms with van der Waals surface area (Å²) in [4.78, 5) is 37.2. The van der Waals surface area contributed by atoms with Crippen LogP contribution in [0.5, 0.6) is 0 Å². The Morgan fingerprint density at radius 3 is 2.42 bits per heavy atom. The number of ether oxygens (including phenoxy) is 1. The van der Waals surface area contributed by atoms with Crippen LogP contribution in [0.1, 0.15) is 10.4 Å². The minimum atomic E-state index is -0.735. The average Bonchev–Trinajstić information content (AvgIpc) is 2.62. The molecule has 1 aromatic carbocycles. The van der Waals surface area contributed by atoms with Gasteiger partial charge in [0.1, 0.15) is 0 Å². The molecule has 2 amide bonds. The predicted octanol–water partition coefficient (Wildman–Crippen LogP) is -0.567. The number of methoxy groups -OCH3 is 1. The standard InChI is InChI=1S/C16H22N4O4/c1-24-16(23)12-2-4-13(5-3-12)19-15(22)14(21)18-8-11-20-9-6-17-7-10-20/h2-5,17H,6-11H2,1H3,(H,18,21)(H,19,22). The lowest BCUT2D eigenvalue weighted by atomic mass is 10.2. The number of anilines is 1. The molecule has 0 saturated carbocycles. The van der Waals surface area contributed by atoms with Gasteiger partial charge in [0.25, 0.3) is 0 Å². The Balaban J connectivity index is 1.74. The maximum Gasteiger partial charge on any atom is 0.337 e. The van der Waals surface area contributed by atoms with Crippen molar-refractivity contribution in [2.24, 2.45) is 0 Å². The third-order valence-corrected chi connectivity index (χ3v) is 3.69. The smallest absolute Gasteiger partial charge is 0.337 e. The number of carbonyl (C=O) groups excluding carboxylic acids is 3. The van der Waals surface area contributed by atoms with E-state index in [0.717, 1.165) is 26.2 Å². The van der Waals surface area contributed by atoms with Crippen molar-refractivity contribution in [1.29, 1.82) is 0 Å². The van der Waals surface area contributed by atoms with Crippen molar-refractivity contribution >= 4 is 23.5 Å². The Kier molecular flexibility index (Phi) is 6.71. The lowest BCUT2D eigenvalue weighted by Crippen LogP contribution is -2.47. The zero-order chi connectivity index (χ0) is 17.4. The van der Waals surface area contributed by atoms with Crippen LogP contribution in [0.15, 0.2) is 24.3 Å². The molecule has 1 saturated heterocycles. The van der Waals surface area contributed by atoms with Crippen LogP contribution in [0, 0.1) is 0 Å². The molecule has 0 unspecified atom stereocenters. The van der Waals surface area contributed by atoms with Crippen molar-refractivity contribution in [3.05, 3.63) is 29.8 Å². The Morgan fingerprint density at radius 1 is 1.12 bits per heavy atom. The molecule has 0 radical (unpaired) electrons. The van der Waals surface area contributed by atoms with Crippen LogP contribution in [0.25, 0.3) is 0 Å². The maximum atomic E-state index is 11.8.